The Morgan fingerprint density at radius 1 is 1.24 bits per heavy atom. The highest BCUT2D eigenvalue weighted by molar-refractivity contribution is 14.1. The van der Waals surface area contributed by atoms with Gasteiger partial charge >= 0.3 is 0 Å². The molecule has 17 heavy (non-hydrogen) atoms. The maximum atomic E-state index is 10.1. The van der Waals surface area contributed by atoms with Crippen LogP contribution in [0.4, 0.5) is 0 Å². The molecule has 0 fully saturated rings. The van der Waals surface area contributed by atoms with Crippen molar-refractivity contribution in [3.63, 3.8) is 0 Å². The van der Waals surface area contributed by atoms with Crippen LogP contribution < -0.4 is 0 Å². The second kappa shape index (κ2) is 4.76. The van der Waals surface area contributed by atoms with Crippen molar-refractivity contribution in [3.05, 3.63) is 29.7 Å². The number of aromatic hydroxyl groups is 1. The average molecular weight is 342 g/mol. The summed E-state index contributed by atoms with van der Waals surface area (Å²) >= 11 is 2.24. The van der Waals surface area contributed by atoms with E-state index in [1.54, 1.807) is 6.20 Å². The lowest BCUT2D eigenvalue weighted by molar-refractivity contribution is 0.471. The Balaban J connectivity index is 2.64. The summed E-state index contributed by atoms with van der Waals surface area (Å²) < 4.78 is 0.182. The van der Waals surface area contributed by atoms with E-state index in [4.69, 9.17) is 0 Å². The minimum atomic E-state index is 0.182. The molecule has 2 aromatic heterocycles. The number of rotatable bonds is 2. The van der Waals surface area contributed by atoms with Gasteiger partial charge in [-0.15, -0.1) is 0 Å². The van der Waals surface area contributed by atoms with Gasteiger partial charge < -0.3 is 5.11 Å². The van der Waals surface area contributed by atoms with Crippen molar-refractivity contribution in [3.8, 4) is 5.75 Å². The van der Waals surface area contributed by atoms with Gasteiger partial charge in [-0.2, -0.15) is 0 Å². The van der Waals surface area contributed by atoms with Crippen LogP contribution in [-0.2, 0) is 0 Å². The molecule has 2 aromatic rings. The number of hydrogen-bond acceptors (Lipinski definition) is 3. The van der Waals surface area contributed by atoms with Crippen LogP contribution in [0.15, 0.2) is 18.3 Å². The molecule has 90 valence electrons. The molecule has 0 aromatic carbocycles. The summed E-state index contributed by atoms with van der Waals surface area (Å²) in [6, 6.07) is 3.89. The van der Waals surface area contributed by atoms with Crippen LogP contribution in [0.25, 0.3) is 10.9 Å². The van der Waals surface area contributed by atoms with Crippen molar-refractivity contribution < 1.29 is 5.11 Å². The Bertz CT molecular complexity index is 552. The summed E-state index contributed by atoms with van der Waals surface area (Å²) in [7, 11) is 0. The van der Waals surface area contributed by atoms with Crippen LogP contribution in [0.5, 0.6) is 5.75 Å². The first-order chi connectivity index (χ1) is 8.00. The minimum Gasteiger partial charge on any atom is -0.505 e. The number of alkyl halides is 1. The molecule has 1 unspecified atom stereocenters. The smallest absolute Gasteiger partial charge is 0.147 e. The van der Waals surface area contributed by atoms with Gasteiger partial charge in [0.05, 0.1) is 21.3 Å². The fourth-order valence-corrected chi connectivity index (χ4v) is 2.19. The lowest BCUT2D eigenvalue weighted by atomic mass is 10.1. The zero-order chi connectivity index (χ0) is 12.6. The van der Waals surface area contributed by atoms with Crippen LogP contribution in [0.1, 0.15) is 42.0 Å². The molecule has 0 radical (unpaired) electrons. The number of aromatic nitrogens is 2. The molecule has 0 saturated heterocycles. The van der Waals surface area contributed by atoms with Crippen molar-refractivity contribution in [2.45, 2.75) is 30.6 Å². The highest BCUT2D eigenvalue weighted by Gasteiger charge is 2.13. The van der Waals surface area contributed by atoms with Gasteiger partial charge in [0, 0.05) is 11.1 Å². The number of halogens is 1. The van der Waals surface area contributed by atoms with Gasteiger partial charge in [-0.1, -0.05) is 36.4 Å². The topological polar surface area (TPSA) is 46.0 Å². The standard InChI is InChI=1S/C13H15IN2O/c1-7(2)10-5-4-9-11(16-10)6-15-12(8(3)14)13(9)17/h4-8,17H,1-3H3. The molecule has 0 bridgehead atoms. The van der Waals surface area contributed by atoms with Gasteiger partial charge in [0.25, 0.3) is 0 Å². The highest BCUT2D eigenvalue weighted by atomic mass is 127. The quantitative estimate of drug-likeness (QED) is 0.664. The molecule has 0 spiro atoms. The molecule has 3 nitrogen and oxygen atoms in total. The predicted octanol–water partition coefficient (Wildman–Crippen LogP) is 3.95. The molecule has 1 atom stereocenters. The minimum absolute atomic E-state index is 0.182. The molecular weight excluding hydrogens is 327 g/mol. The molecule has 4 heteroatoms. The number of hydrogen-bond donors (Lipinski definition) is 1. The second-order valence-corrected chi connectivity index (χ2v) is 6.30. The van der Waals surface area contributed by atoms with E-state index in [9.17, 15) is 5.11 Å². The summed E-state index contributed by atoms with van der Waals surface area (Å²) in [6.45, 7) is 6.20. The third kappa shape index (κ3) is 2.36. The molecule has 0 amide bonds. The third-order valence-corrected chi connectivity index (χ3v) is 3.33. The SMILES string of the molecule is CC(C)c1ccc2c(O)c(C(C)I)ncc2n1. The Hall–Kier alpha value is -0.910. The van der Waals surface area contributed by atoms with Crippen LogP contribution in [0.2, 0.25) is 0 Å². The maximum absolute atomic E-state index is 10.1. The fraction of sp³-hybridized carbons (Fsp3) is 0.385. The van der Waals surface area contributed by atoms with Crippen molar-refractivity contribution in [1.29, 1.82) is 0 Å². The van der Waals surface area contributed by atoms with E-state index in [1.165, 1.54) is 0 Å². The van der Waals surface area contributed by atoms with Crippen molar-refractivity contribution in [2.24, 2.45) is 0 Å². The van der Waals surface area contributed by atoms with Crippen molar-refractivity contribution in [1.82, 2.24) is 9.97 Å². The van der Waals surface area contributed by atoms with Crippen LogP contribution >= 0.6 is 22.6 Å². The summed E-state index contributed by atoms with van der Waals surface area (Å²) in [5.74, 6) is 0.636. The number of nitrogens with zero attached hydrogens (tertiary/aromatic N) is 2. The second-order valence-electron chi connectivity index (χ2n) is 4.43. The van der Waals surface area contributed by atoms with Gasteiger partial charge in [0.1, 0.15) is 5.75 Å². The first-order valence-corrected chi connectivity index (χ1v) is 6.88. The Morgan fingerprint density at radius 3 is 2.53 bits per heavy atom. The van der Waals surface area contributed by atoms with E-state index in [0.717, 1.165) is 22.3 Å². The van der Waals surface area contributed by atoms with Crippen molar-refractivity contribution >= 4 is 33.5 Å². The lowest BCUT2D eigenvalue weighted by Crippen LogP contribution is -1.96. The van der Waals surface area contributed by atoms with E-state index in [1.807, 2.05) is 19.1 Å². The molecule has 0 aliphatic heterocycles. The number of pyridine rings is 2. The molecule has 1 N–H and O–H groups in total. The first kappa shape index (κ1) is 12.5. The Labute approximate surface area is 114 Å². The van der Waals surface area contributed by atoms with Gasteiger partial charge in [0.2, 0.25) is 0 Å². The van der Waals surface area contributed by atoms with Gasteiger partial charge in [-0.25, -0.2) is 0 Å². The van der Waals surface area contributed by atoms with Crippen LogP contribution in [-0.4, -0.2) is 15.1 Å². The zero-order valence-corrected chi connectivity index (χ0v) is 12.3. The molecule has 0 aliphatic carbocycles. The molecule has 2 rings (SSSR count). The van der Waals surface area contributed by atoms with Crippen molar-refractivity contribution in [2.75, 3.05) is 0 Å². The summed E-state index contributed by atoms with van der Waals surface area (Å²) in [5, 5.41) is 10.9. The fourth-order valence-electron chi connectivity index (χ4n) is 1.73. The molecule has 0 saturated carbocycles. The average Bonchev–Trinajstić information content (AvgIpc) is 2.28. The van der Waals surface area contributed by atoms with E-state index in [-0.39, 0.29) is 9.67 Å². The maximum Gasteiger partial charge on any atom is 0.147 e. The van der Waals surface area contributed by atoms with Gasteiger partial charge in [0.15, 0.2) is 0 Å². The van der Waals surface area contributed by atoms with E-state index < -0.39 is 0 Å². The predicted molar refractivity (Wildman–Crippen MR) is 77.7 cm³/mol. The molecular formula is C13H15IN2O. The summed E-state index contributed by atoms with van der Waals surface area (Å²) in [4.78, 5) is 8.80. The molecule has 2 heterocycles. The Kier molecular flexibility index (Phi) is 3.51. The van der Waals surface area contributed by atoms with E-state index >= 15 is 0 Å². The normalized spacial score (nSPS) is 13.2. The van der Waals surface area contributed by atoms with Crippen LogP contribution in [0.3, 0.4) is 0 Å². The monoisotopic (exact) mass is 342 g/mol. The van der Waals surface area contributed by atoms with Gasteiger partial charge in [-0.05, 0) is 25.0 Å². The summed E-state index contributed by atoms with van der Waals surface area (Å²) in [6.07, 6.45) is 1.74. The Morgan fingerprint density at radius 2 is 1.94 bits per heavy atom. The lowest BCUT2D eigenvalue weighted by Gasteiger charge is -2.10. The van der Waals surface area contributed by atoms with E-state index in [0.29, 0.717) is 5.92 Å². The highest BCUT2D eigenvalue weighted by Crippen LogP contribution is 2.34. The summed E-state index contributed by atoms with van der Waals surface area (Å²) in [5.41, 5.74) is 2.50. The third-order valence-electron chi connectivity index (χ3n) is 2.74. The number of fused-ring (bicyclic) bond motifs is 1. The first-order valence-electron chi connectivity index (χ1n) is 5.63. The zero-order valence-electron chi connectivity index (χ0n) is 10.1. The van der Waals surface area contributed by atoms with E-state index in [2.05, 4.69) is 46.4 Å². The van der Waals surface area contributed by atoms with Crippen LogP contribution in [0, 0.1) is 0 Å². The van der Waals surface area contributed by atoms with Gasteiger partial charge in [-0.3, -0.25) is 9.97 Å². The largest absolute Gasteiger partial charge is 0.505 e. The molecule has 0 aliphatic rings.